The molecule has 3 heterocycles. The van der Waals surface area contributed by atoms with E-state index in [0.29, 0.717) is 15.8 Å². The summed E-state index contributed by atoms with van der Waals surface area (Å²) in [6.45, 7) is 0. The number of aryl methyl sites for hydroxylation is 1. The molecule has 1 saturated carbocycles. The van der Waals surface area contributed by atoms with Gasteiger partial charge in [0.1, 0.15) is 0 Å². The SMILES string of the molecule is Cn1ncc(C2CC2)c1S(=O)(=O)Nc1cnc(-c2ccc(Cl)s2)nc1. The smallest absolute Gasteiger partial charge is 0.275 e. The van der Waals surface area contributed by atoms with Crippen molar-refractivity contribution in [3.8, 4) is 10.7 Å². The lowest BCUT2D eigenvalue weighted by Crippen LogP contribution is -2.18. The number of anilines is 1. The van der Waals surface area contributed by atoms with E-state index < -0.39 is 10.0 Å². The molecule has 7 nitrogen and oxygen atoms in total. The first kappa shape index (κ1) is 16.5. The zero-order chi connectivity index (χ0) is 17.6. The zero-order valence-electron chi connectivity index (χ0n) is 13.2. The van der Waals surface area contributed by atoms with Crippen molar-refractivity contribution < 1.29 is 8.42 Å². The summed E-state index contributed by atoms with van der Waals surface area (Å²) in [6, 6.07) is 3.59. The predicted molar refractivity (Wildman–Crippen MR) is 96.3 cm³/mol. The normalized spacial score (nSPS) is 14.6. The molecule has 0 bridgehead atoms. The Morgan fingerprint density at radius 2 is 1.96 bits per heavy atom. The Labute approximate surface area is 153 Å². The van der Waals surface area contributed by atoms with E-state index in [4.69, 9.17) is 11.6 Å². The number of halogens is 1. The summed E-state index contributed by atoms with van der Waals surface area (Å²) < 4.78 is 30.1. The minimum Gasteiger partial charge on any atom is -0.275 e. The van der Waals surface area contributed by atoms with Crippen LogP contribution in [-0.4, -0.2) is 28.2 Å². The minimum absolute atomic E-state index is 0.198. The summed E-state index contributed by atoms with van der Waals surface area (Å²) in [5, 5.41) is 4.30. The first-order chi connectivity index (χ1) is 11.9. The van der Waals surface area contributed by atoms with Crippen molar-refractivity contribution in [3.05, 3.63) is 40.6 Å². The summed E-state index contributed by atoms with van der Waals surface area (Å²) >= 11 is 7.27. The van der Waals surface area contributed by atoms with Gasteiger partial charge in [0.05, 0.1) is 33.5 Å². The Balaban J connectivity index is 1.60. The molecule has 0 spiro atoms. The molecule has 0 aromatic carbocycles. The van der Waals surface area contributed by atoms with Crippen molar-refractivity contribution in [2.75, 3.05) is 4.72 Å². The van der Waals surface area contributed by atoms with Gasteiger partial charge in [0.2, 0.25) is 0 Å². The lowest BCUT2D eigenvalue weighted by Gasteiger charge is -2.10. The zero-order valence-corrected chi connectivity index (χ0v) is 15.6. The quantitative estimate of drug-likeness (QED) is 0.716. The maximum atomic E-state index is 12.8. The Bertz CT molecular complexity index is 1020. The molecule has 0 aliphatic heterocycles. The highest BCUT2D eigenvalue weighted by Crippen LogP contribution is 2.42. The summed E-state index contributed by atoms with van der Waals surface area (Å²) in [7, 11) is -2.13. The van der Waals surface area contributed by atoms with Gasteiger partial charge in [-0.15, -0.1) is 11.3 Å². The van der Waals surface area contributed by atoms with Crippen LogP contribution in [0.4, 0.5) is 5.69 Å². The van der Waals surface area contributed by atoms with Gasteiger partial charge in [-0.3, -0.25) is 9.40 Å². The van der Waals surface area contributed by atoms with Gasteiger partial charge >= 0.3 is 0 Å². The lowest BCUT2D eigenvalue weighted by atomic mass is 10.2. The topological polar surface area (TPSA) is 89.8 Å². The summed E-state index contributed by atoms with van der Waals surface area (Å²) in [4.78, 5) is 9.24. The molecule has 3 aromatic heterocycles. The number of nitrogens with one attached hydrogen (secondary N) is 1. The second-order valence-electron chi connectivity index (χ2n) is 5.81. The van der Waals surface area contributed by atoms with Crippen LogP contribution in [0.15, 0.2) is 35.7 Å². The van der Waals surface area contributed by atoms with E-state index in [2.05, 4.69) is 19.8 Å². The molecule has 1 aliphatic rings. The minimum atomic E-state index is -3.76. The van der Waals surface area contributed by atoms with Gasteiger partial charge in [0.25, 0.3) is 10.0 Å². The van der Waals surface area contributed by atoms with Gasteiger partial charge in [0, 0.05) is 12.6 Å². The van der Waals surface area contributed by atoms with Gasteiger partial charge in [0.15, 0.2) is 10.9 Å². The Morgan fingerprint density at radius 3 is 2.56 bits per heavy atom. The Hall–Kier alpha value is -1.97. The maximum Gasteiger partial charge on any atom is 0.279 e. The highest BCUT2D eigenvalue weighted by molar-refractivity contribution is 7.92. The molecule has 25 heavy (non-hydrogen) atoms. The third kappa shape index (κ3) is 3.26. The molecule has 0 atom stereocenters. The van der Waals surface area contributed by atoms with Crippen LogP contribution >= 0.6 is 22.9 Å². The van der Waals surface area contributed by atoms with Gasteiger partial charge in [-0.25, -0.2) is 9.97 Å². The fraction of sp³-hybridized carbons (Fsp3) is 0.267. The molecule has 130 valence electrons. The second kappa shape index (κ2) is 6.08. The average Bonchev–Trinajstić information content (AvgIpc) is 3.20. The van der Waals surface area contributed by atoms with Crippen LogP contribution in [0.25, 0.3) is 10.7 Å². The standard InChI is InChI=1S/C15H14ClN5O2S2/c1-21-15(11(8-19-21)9-2-3-9)25(22,23)20-10-6-17-14(18-7-10)12-4-5-13(16)24-12/h4-9,20H,2-3H2,1H3. The first-order valence-corrected chi connectivity index (χ1v) is 10.2. The number of hydrogen-bond donors (Lipinski definition) is 1. The highest BCUT2D eigenvalue weighted by atomic mass is 35.5. The van der Waals surface area contributed by atoms with Crippen molar-refractivity contribution >= 4 is 38.6 Å². The van der Waals surface area contributed by atoms with Gasteiger partial charge in [-0.1, -0.05) is 11.6 Å². The molecule has 0 radical (unpaired) electrons. The molecule has 0 amide bonds. The molecule has 4 rings (SSSR count). The van der Waals surface area contributed by atoms with Crippen LogP contribution in [0.3, 0.4) is 0 Å². The van der Waals surface area contributed by atoms with E-state index in [-0.39, 0.29) is 10.9 Å². The third-order valence-corrected chi connectivity index (χ3v) is 6.62. The van der Waals surface area contributed by atoms with E-state index in [1.807, 2.05) is 6.07 Å². The molecule has 0 unspecified atom stereocenters. The number of thiophene rings is 1. The Morgan fingerprint density at radius 1 is 1.24 bits per heavy atom. The molecule has 3 aromatic rings. The van der Waals surface area contributed by atoms with Crippen LogP contribution in [0.1, 0.15) is 24.3 Å². The van der Waals surface area contributed by atoms with E-state index in [9.17, 15) is 8.42 Å². The summed E-state index contributed by atoms with van der Waals surface area (Å²) in [5.74, 6) is 0.779. The number of hydrogen-bond acceptors (Lipinski definition) is 6. The van der Waals surface area contributed by atoms with Gasteiger partial charge in [-0.2, -0.15) is 13.5 Å². The van der Waals surface area contributed by atoms with Crippen LogP contribution < -0.4 is 4.72 Å². The number of nitrogens with zero attached hydrogens (tertiary/aromatic N) is 4. The van der Waals surface area contributed by atoms with E-state index >= 15 is 0 Å². The highest BCUT2D eigenvalue weighted by Gasteiger charge is 2.33. The van der Waals surface area contributed by atoms with Crippen LogP contribution in [0, 0.1) is 0 Å². The van der Waals surface area contributed by atoms with Crippen molar-refractivity contribution in [1.82, 2.24) is 19.7 Å². The van der Waals surface area contributed by atoms with Crippen LogP contribution in [0.2, 0.25) is 4.34 Å². The van der Waals surface area contributed by atoms with Crippen molar-refractivity contribution in [1.29, 1.82) is 0 Å². The largest absolute Gasteiger partial charge is 0.279 e. The number of sulfonamides is 1. The number of rotatable bonds is 5. The molecular formula is C15H14ClN5O2S2. The summed E-state index contributed by atoms with van der Waals surface area (Å²) in [6.07, 6.45) is 6.51. The molecular weight excluding hydrogens is 382 g/mol. The lowest BCUT2D eigenvalue weighted by molar-refractivity contribution is 0.579. The van der Waals surface area contributed by atoms with Crippen molar-refractivity contribution in [3.63, 3.8) is 0 Å². The predicted octanol–water partition coefficient (Wildman–Crippen LogP) is 3.27. The fourth-order valence-electron chi connectivity index (χ4n) is 2.59. The molecule has 0 saturated heterocycles. The summed E-state index contributed by atoms with van der Waals surface area (Å²) in [5.41, 5.74) is 1.06. The van der Waals surface area contributed by atoms with E-state index in [1.165, 1.54) is 28.4 Å². The van der Waals surface area contributed by atoms with Crippen molar-refractivity contribution in [2.24, 2.45) is 7.05 Å². The maximum absolute atomic E-state index is 12.8. The molecule has 1 fully saturated rings. The molecule has 10 heteroatoms. The fourth-order valence-corrected chi connectivity index (χ4v) is 5.02. The van der Waals surface area contributed by atoms with Crippen LogP contribution in [0.5, 0.6) is 0 Å². The van der Waals surface area contributed by atoms with E-state index in [0.717, 1.165) is 23.3 Å². The second-order valence-corrected chi connectivity index (χ2v) is 9.12. The average molecular weight is 396 g/mol. The van der Waals surface area contributed by atoms with Gasteiger partial charge < -0.3 is 0 Å². The van der Waals surface area contributed by atoms with Gasteiger partial charge in [-0.05, 0) is 30.9 Å². The van der Waals surface area contributed by atoms with Crippen molar-refractivity contribution in [2.45, 2.75) is 23.8 Å². The number of aromatic nitrogens is 4. The monoisotopic (exact) mass is 395 g/mol. The Kier molecular flexibility index (Phi) is 4.01. The first-order valence-electron chi connectivity index (χ1n) is 7.56. The van der Waals surface area contributed by atoms with E-state index in [1.54, 1.807) is 19.3 Å². The third-order valence-electron chi connectivity index (χ3n) is 3.88. The molecule has 1 N–H and O–H groups in total. The van der Waals surface area contributed by atoms with Crippen LogP contribution in [-0.2, 0) is 17.1 Å². The molecule has 1 aliphatic carbocycles.